The minimum Gasteiger partial charge on any atom is -0.495 e. The van der Waals surface area contributed by atoms with Gasteiger partial charge in [0.2, 0.25) is 5.91 Å². The summed E-state index contributed by atoms with van der Waals surface area (Å²) >= 11 is 0. The van der Waals surface area contributed by atoms with Crippen molar-refractivity contribution in [2.75, 3.05) is 26.0 Å². The van der Waals surface area contributed by atoms with Crippen LogP contribution in [0.2, 0.25) is 0 Å². The van der Waals surface area contributed by atoms with Crippen LogP contribution in [0, 0.1) is 13.8 Å². The number of aryl methyl sites for hydroxylation is 2. The van der Waals surface area contributed by atoms with Crippen molar-refractivity contribution < 1.29 is 14.3 Å². The normalized spacial score (nSPS) is 11.4. The van der Waals surface area contributed by atoms with Crippen molar-refractivity contribution in [1.29, 1.82) is 0 Å². The number of methoxy groups -OCH3 is 1. The van der Waals surface area contributed by atoms with Crippen LogP contribution in [0.1, 0.15) is 40.0 Å². The molecule has 0 unspecified atom stereocenters. The number of anilines is 1. The molecule has 0 fully saturated rings. The molecule has 0 aliphatic carbocycles. The fourth-order valence-electron chi connectivity index (χ4n) is 2.72. The third kappa shape index (κ3) is 5.23. The Kier molecular flexibility index (Phi) is 6.82. The molecule has 0 aliphatic rings. The molecule has 6 nitrogen and oxygen atoms in total. The first-order valence-electron chi connectivity index (χ1n) is 8.86. The Hall–Kier alpha value is -3.02. The molecule has 2 aromatic carbocycles. The number of amides is 2. The van der Waals surface area contributed by atoms with Gasteiger partial charge >= 0.3 is 0 Å². The summed E-state index contributed by atoms with van der Waals surface area (Å²) in [4.78, 5) is 24.1. The summed E-state index contributed by atoms with van der Waals surface area (Å²) in [5.74, 6) is 0.222. The van der Waals surface area contributed by atoms with Gasteiger partial charge in [-0.25, -0.2) is 0 Å². The third-order valence-corrected chi connectivity index (χ3v) is 4.54. The smallest absolute Gasteiger partial charge is 0.251 e. The zero-order chi connectivity index (χ0) is 20.0. The van der Waals surface area contributed by atoms with Gasteiger partial charge in [-0.15, -0.1) is 0 Å². The van der Waals surface area contributed by atoms with E-state index in [0.717, 1.165) is 5.56 Å². The topological polar surface area (TPSA) is 79.5 Å². The molecule has 2 rings (SSSR count). The molecule has 0 saturated heterocycles. The molecule has 0 aliphatic heterocycles. The lowest BCUT2D eigenvalue weighted by Gasteiger charge is -2.17. The Bertz CT molecular complexity index is 833. The Balaban J connectivity index is 2.02. The van der Waals surface area contributed by atoms with Crippen molar-refractivity contribution in [2.45, 2.75) is 26.8 Å². The van der Waals surface area contributed by atoms with Gasteiger partial charge in [0.05, 0.1) is 25.4 Å². The average Bonchev–Trinajstić information content (AvgIpc) is 2.67. The lowest BCUT2D eigenvalue weighted by atomic mass is 10.0. The van der Waals surface area contributed by atoms with E-state index >= 15 is 0 Å². The largest absolute Gasteiger partial charge is 0.495 e. The highest BCUT2D eigenvalue weighted by atomic mass is 16.5. The van der Waals surface area contributed by atoms with Crippen LogP contribution >= 0.6 is 0 Å². The van der Waals surface area contributed by atoms with Gasteiger partial charge in [-0.3, -0.25) is 9.59 Å². The summed E-state index contributed by atoms with van der Waals surface area (Å²) in [5.41, 5.74) is 4.56. The van der Waals surface area contributed by atoms with Crippen molar-refractivity contribution in [2.24, 2.45) is 0 Å². The van der Waals surface area contributed by atoms with Crippen LogP contribution in [-0.2, 0) is 4.79 Å². The quantitative estimate of drug-likeness (QED) is 0.701. The SMILES string of the molecule is CNC(=O)c1ccc(OC)c(NCC(=O)N[C@@H](C)c2ccc(C)c(C)c2)c1. The van der Waals surface area contributed by atoms with Crippen LogP contribution < -0.4 is 20.7 Å². The molecular weight excluding hydrogens is 342 g/mol. The Morgan fingerprint density at radius 2 is 1.81 bits per heavy atom. The molecule has 2 amide bonds. The second-order valence-corrected chi connectivity index (χ2v) is 6.48. The second-order valence-electron chi connectivity index (χ2n) is 6.48. The maximum absolute atomic E-state index is 12.3. The first-order valence-corrected chi connectivity index (χ1v) is 8.86. The van der Waals surface area contributed by atoms with Gasteiger partial charge < -0.3 is 20.7 Å². The van der Waals surface area contributed by atoms with E-state index in [2.05, 4.69) is 41.9 Å². The van der Waals surface area contributed by atoms with Crippen LogP contribution in [0.5, 0.6) is 5.75 Å². The first kappa shape index (κ1) is 20.3. The van der Waals surface area contributed by atoms with E-state index in [1.165, 1.54) is 11.1 Å². The lowest BCUT2D eigenvalue weighted by Crippen LogP contribution is -2.32. The Morgan fingerprint density at radius 1 is 1.07 bits per heavy atom. The average molecular weight is 369 g/mol. The fourth-order valence-corrected chi connectivity index (χ4v) is 2.72. The van der Waals surface area contributed by atoms with Gasteiger partial charge in [0, 0.05) is 12.6 Å². The van der Waals surface area contributed by atoms with E-state index in [-0.39, 0.29) is 24.4 Å². The molecule has 0 spiro atoms. The van der Waals surface area contributed by atoms with E-state index < -0.39 is 0 Å². The van der Waals surface area contributed by atoms with Crippen molar-refractivity contribution in [1.82, 2.24) is 10.6 Å². The molecule has 6 heteroatoms. The predicted molar refractivity (Wildman–Crippen MR) is 107 cm³/mol. The molecular formula is C21H27N3O3. The number of rotatable bonds is 7. The third-order valence-electron chi connectivity index (χ3n) is 4.54. The molecule has 2 aromatic rings. The summed E-state index contributed by atoms with van der Waals surface area (Å²) in [7, 11) is 3.11. The van der Waals surface area contributed by atoms with Gasteiger partial charge in [0.25, 0.3) is 5.91 Å². The van der Waals surface area contributed by atoms with Crippen LogP contribution in [0.4, 0.5) is 5.69 Å². The van der Waals surface area contributed by atoms with Crippen molar-refractivity contribution in [3.8, 4) is 5.75 Å². The number of hydrogen-bond donors (Lipinski definition) is 3. The maximum atomic E-state index is 12.3. The minimum atomic E-state index is -0.200. The van der Waals surface area contributed by atoms with Gasteiger partial charge in [0.15, 0.2) is 0 Å². The zero-order valence-electron chi connectivity index (χ0n) is 16.5. The summed E-state index contributed by atoms with van der Waals surface area (Å²) in [5, 5.41) is 8.60. The number of carbonyl (C=O) groups is 2. The highest BCUT2D eigenvalue weighted by Crippen LogP contribution is 2.25. The molecule has 144 valence electrons. The van der Waals surface area contributed by atoms with Crippen molar-refractivity contribution in [3.63, 3.8) is 0 Å². The molecule has 0 bridgehead atoms. The van der Waals surface area contributed by atoms with E-state index in [1.807, 2.05) is 13.0 Å². The summed E-state index contributed by atoms with van der Waals surface area (Å²) in [6, 6.07) is 11.1. The number of carbonyl (C=O) groups excluding carboxylic acids is 2. The van der Waals surface area contributed by atoms with E-state index in [1.54, 1.807) is 32.4 Å². The van der Waals surface area contributed by atoms with Crippen molar-refractivity contribution in [3.05, 3.63) is 58.7 Å². The van der Waals surface area contributed by atoms with E-state index in [9.17, 15) is 9.59 Å². The molecule has 27 heavy (non-hydrogen) atoms. The van der Waals surface area contributed by atoms with Gasteiger partial charge in [-0.1, -0.05) is 18.2 Å². The van der Waals surface area contributed by atoms with Crippen LogP contribution in [0.25, 0.3) is 0 Å². The van der Waals surface area contributed by atoms with Crippen molar-refractivity contribution >= 4 is 17.5 Å². The number of benzene rings is 2. The highest BCUT2D eigenvalue weighted by Gasteiger charge is 2.13. The summed E-state index contributed by atoms with van der Waals surface area (Å²) in [6.07, 6.45) is 0. The zero-order valence-corrected chi connectivity index (χ0v) is 16.5. The Labute approximate surface area is 160 Å². The first-order chi connectivity index (χ1) is 12.8. The van der Waals surface area contributed by atoms with Crippen LogP contribution in [0.3, 0.4) is 0 Å². The highest BCUT2D eigenvalue weighted by molar-refractivity contribution is 5.95. The lowest BCUT2D eigenvalue weighted by molar-refractivity contribution is -0.120. The maximum Gasteiger partial charge on any atom is 0.251 e. The van der Waals surface area contributed by atoms with Gasteiger partial charge in [-0.05, 0) is 55.7 Å². The minimum absolute atomic E-state index is 0.0722. The number of nitrogens with one attached hydrogen (secondary N) is 3. The van der Waals surface area contributed by atoms with Crippen LogP contribution in [0.15, 0.2) is 36.4 Å². The van der Waals surface area contributed by atoms with Gasteiger partial charge in [-0.2, -0.15) is 0 Å². The molecule has 0 heterocycles. The monoisotopic (exact) mass is 369 g/mol. The molecule has 0 aromatic heterocycles. The predicted octanol–water partition coefficient (Wildman–Crippen LogP) is 2.96. The standard InChI is InChI=1S/C21H27N3O3/c1-13-6-7-16(10-14(13)2)15(3)24-20(25)12-23-18-11-17(21(26)22-4)8-9-19(18)27-5/h6-11,15,23H,12H2,1-5H3,(H,22,26)(H,24,25)/t15-/m0/s1. The summed E-state index contributed by atoms with van der Waals surface area (Å²) < 4.78 is 5.29. The second kappa shape index (κ2) is 9.07. The molecule has 0 saturated carbocycles. The number of ether oxygens (including phenoxy) is 1. The van der Waals surface area contributed by atoms with E-state index in [4.69, 9.17) is 4.74 Å². The molecule has 0 radical (unpaired) electrons. The van der Waals surface area contributed by atoms with E-state index in [0.29, 0.717) is 17.0 Å². The van der Waals surface area contributed by atoms with Gasteiger partial charge in [0.1, 0.15) is 5.75 Å². The fraction of sp³-hybridized carbons (Fsp3) is 0.333. The Morgan fingerprint density at radius 3 is 2.44 bits per heavy atom. The molecule has 3 N–H and O–H groups in total. The molecule has 1 atom stereocenters. The van der Waals surface area contributed by atoms with Crippen LogP contribution in [-0.4, -0.2) is 32.5 Å². The number of hydrogen-bond acceptors (Lipinski definition) is 4. The summed E-state index contributed by atoms with van der Waals surface area (Å²) in [6.45, 7) is 6.14.